The van der Waals surface area contributed by atoms with Gasteiger partial charge in [0.1, 0.15) is 0 Å². The molecule has 1 amide bonds. The first-order valence-electron chi connectivity index (χ1n) is 8.73. The number of amides is 1. The second-order valence-electron chi connectivity index (χ2n) is 6.58. The van der Waals surface area contributed by atoms with Crippen LogP contribution in [0.4, 0.5) is 15.8 Å². The molecule has 8 heteroatoms. The van der Waals surface area contributed by atoms with Crippen LogP contribution in [0.1, 0.15) is 33.0 Å². The molecule has 0 fully saturated rings. The van der Waals surface area contributed by atoms with Crippen molar-refractivity contribution in [2.75, 3.05) is 11.1 Å². The molecule has 0 radical (unpaired) electrons. The van der Waals surface area contributed by atoms with Gasteiger partial charge in [-0.05, 0) is 53.9 Å². The maximum absolute atomic E-state index is 13.9. The Bertz CT molecular complexity index is 1170. The smallest absolute Gasteiger partial charge is 0.257 e. The summed E-state index contributed by atoms with van der Waals surface area (Å²) in [7, 11) is 0. The molecular weight excluding hydrogens is 448 g/mol. The number of nitrogen functional groups attached to an aromatic ring is 1. The summed E-state index contributed by atoms with van der Waals surface area (Å²) in [5.74, 6) is -2.07. The fraction of sp³-hybridized carbons (Fsp3) is 0.0909. The quantitative estimate of drug-likeness (QED) is 0.430. The highest BCUT2D eigenvalue weighted by atomic mass is 35.5. The summed E-state index contributed by atoms with van der Waals surface area (Å²) in [4.78, 5) is 12.6. The summed E-state index contributed by atoms with van der Waals surface area (Å²) in [5.41, 5.74) is 7.70. The number of carbonyl (C=O) groups is 1. The van der Waals surface area contributed by atoms with Gasteiger partial charge in [-0.1, -0.05) is 53.0 Å². The first-order valence-corrected chi connectivity index (χ1v) is 9.86. The van der Waals surface area contributed by atoms with Crippen LogP contribution in [0.5, 0.6) is 0 Å². The SMILES string of the molecule is Cc1cc(C(C#N)c2ccc(Cl)cc2)c(Cl)cc1NC(=O)c1ccc(Cl)c(F)c1N. The van der Waals surface area contributed by atoms with Crippen LogP contribution in [0, 0.1) is 24.1 Å². The molecule has 3 aromatic rings. The number of halogens is 4. The number of hydrogen-bond acceptors (Lipinski definition) is 3. The van der Waals surface area contributed by atoms with Gasteiger partial charge in [-0.25, -0.2) is 4.39 Å². The number of nitrogens with one attached hydrogen (secondary N) is 1. The third-order valence-corrected chi connectivity index (χ3v) is 5.48. The number of hydrogen-bond donors (Lipinski definition) is 2. The van der Waals surface area contributed by atoms with Gasteiger partial charge in [-0.15, -0.1) is 0 Å². The van der Waals surface area contributed by atoms with Gasteiger partial charge in [0.25, 0.3) is 5.91 Å². The van der Waals surface area contributed by atoms with Gasteiger partial charge in [-0.3, -0.25) is 4.79 Å². The van der Waals surface area contributed by atoms with E-state index in [1.54, 1.807) is 43.3 Å². The molecule has 0 aliphatic carbocycles. The van der Waals surface area contributed by atoms with Crippen LogP contribution < -0.4 is 11.1 Å². The predicted octanol–water partition coefficient (Wildman–Crippen LogP) is 6.58. The molecule has 3 rings (SSSR count). The summed E-state index contributed by atoms with van der Waals surface area (Å²) in [6.07, 6.45) is 0. The van der Waals surface area contributed by atoms with Crippen LogP contribution in [0.25, 0.3) is 0 Å². The minimum absolute atomic E-state index is 0.0486. The van der Waals surface area contributed by atoms with Gasteiger partial charge in [0.15, 0.2) is 5.82 Å². The van der Waals surface area contributed by atoms with Crippen molar-refractivity contribution in [1.29, 1.82) is 5.26 Å². The van der Waals surface area contributed by atoms with Crippen molar-refractivity contribution >= 4 is 52.1 Å². The van der Waals surface area contributed by atoms with Crippen molar-refractivity contribution in [2.45, 2.75) is 12.8 Å². The van der Waals surface area contributed by atoms with E-state index in [4.69, 9.17) is 40.5 Å². The van der Waals surface area contributed by atoms with E-state index in [2.05, 4.69) is 11.4 Å². The molecule has 0 bridgehead atoms. The standard InChI is InChI=1S/C22H15Cl3FN3O/c1-11-8-15(16(10-27)12-2-4-13(23)5-3-12)18(25)9-19(11)29-22(30)14-6-7-17(24)20(26)21(14)28/h2-9,16H,28H2,1H3,(H,29,30). The normalized spacial score (nSPS) is 11.6. The van der Waals surface area contributed by atoms with E-state index in [-0.39, 0.29) is 16.3 Å². The molecule has 0 spiro atoms. The van der Waals surface area contributed by atoms with Crippen molar-refractivity contribution < 1.29 is 9.18 Å². The van der Waals surface area contributed by atoms with Crippen molar-refractivity contribution in [3.05, 3.63) is 91.7 Å². The lowest BCUT2D eigenvalue weighted by atomic mass is 9.91. The van der Waals surface area contributed by atoms with Crippen LogP contribution in [-0.2, 0) is 0 Å². The zero-order chi connectivity index (χ0) is 22.0. The van der Waals surface area contributed by atoms with Crippen LogP contribution in [-0.4, -0.2) is 5.91 Å². The maximum Gasteiger partial charge on any atom is 0.257 e. The number of nitrogens with two attached hydrogens (primary N) is 1. The molecule has 0 aromatic heterocycles. The van der Waals surface area contributed by atoms with Crippen molar-refractivity contribution in [1.82, 2.24) is 0 Å². The summed E-state index contributed by atoms with van der Waals surface area (Å²) in [6.45, 7) is 1.76. The van der Waals surface area contributed by atoms with Gasteiger partial charge in [0.2, 0.25) is 0 Å². The van der Waals surface area contributed by atoms with E-state index >= 15 is 0 Å². The Hall–Kier alpha value is -2.78. The lowest BCUT2D eigenvalue weighted by molar-refractivity contribution is 0.102. The number of anilines is 2. The summed E-state index contributed by atoms with van der Waals surface area (Å²) in [5, 5.41) is 13.1. The molecular formula is C22H15Cl3FN3O. The Labute approximate surface area is 188 Å². The molecule has 1 atom stereocenters. The Morgan fingerprint density at radius 2 is 1.77 bits per heavy atom. The van der Waals surface area contributed by atoms with E-state index in [1.807, 2.05) is 0 Å². The van der Waals surface area contributed by atoms with E-state index in [9.17, 15) is 14.4 Å². The lowest BCUT2D eigenvalue weighted by Crippen LogP contribution is -2.16. The number of aryl methyl sites for hydroxylation is 1. The van der Waals surface area contributed by atoms with Crippen LogP contribution in [0.3, 0.4) is 0 Å². The van der Waals surface area contributed by atoms with Gasteiger partial charge in [0, 0.05) is 15.7 Å². The predicted molar refractivity (Wildman–Crippen MR) is 119 cm³/mol. The zero-order valence-electron chi connectivity index (χ0n) is 15.6. The van der Waals surface area contributed by atoms with Crippen molar-refractivity contribution in [2.24, 2.45) is 0 Å². The van der Waals surface area contributed by atoms with Gasteiger partial charge >= 0.3 is 0 Å². The average molecular weight is 463 g/mol. The Morgan fingerprint density at radius 1 is 1.10 bits per heavy atom. The number of benzene rings is 3. The second-order valence-corrected chi connectivity index (χ2v) is 7.83. The molecule has 152 valence electrons. The monoisotopic (exact) mass is 461 g/mol. The maximum atomic E-state index is 13.9. The molecule has 0 saturated carbocycles. The second kappa shape index (κ2) is 8.93. The fourth-order valence-corrected chi connectivity index (χ4v) is 3.56. The molecule has 0 aliphatic heterocycles. The van der Waals surface area contributed by atoms with Crippen LogP contribution in [0.2, 0.25) is 15.1 Å². The van der Waals surface area contributed by atoms with Gasteiger partial charge in [0.05, 0.1) is 28.3 Å². The molecule has 1 unspecified atom stereocenters. The summed E-state index contributed by atoms with van der Waals surface area (Å²) >= 11 is 18.0. The van der Waals surface area contributed by atoms with Crippen LogP contribution >= 0.6 is 34.8 Å². The molecule has 3 N–H and O–H groups in total. The first kappa shape index (κ1) is 21.9. The topological polar surface area (TPSA) is 78.9 Å². The first-order chi connectivity index (χ1) is 14.2. The average Bonchev–Trinajstić information content (AvgIpc) is 2.71. The number of carbonyl (C=O) groups excluding carboxylic acids is 1. The summed E-state index contributed by atoms with van der Waals surface area (Å²) in [6, 6.07) is 15.0. The number of rotatable bonds is 4. The van der Waals surface area contributed by atoms with Gasteiger partial charge in [-0.2, -0.15) is 5.26 Å². The highest BCUT2D eigenvalue weighted by Gasteiger charge is 2.20. The van der Waals surface area contributed by atoms with Crippen molar-refractivity contribution in [3.63, 3.8) is 0 Å². The molecule has 30 heavy (non-hydrogen) atoms. The van der Waals surface area contributed by atoms with Gasteiger partial charge < -0.3 is 11.1 Å². The molecule has 4 nitrogen and oxygen atoms in total. The largest absolute Gasteiger partial charge is 0.396 e. The third-order valence-electron chi connectivity index (χ3n) is 4.61. The number of nitriles is 1. The van der Waals surface area contributed by atoms with E-state index < -0.39 is 17.6 Å². The fourth-order valence-electron chi connectivity index (χ4n) is 2.99. The number of nitrogens with zero attached hydrogens (tertiary/aromatic N) is 1. The highest BCUT2D eigenvalue weighted by Crippen LogP contribution is 2.35. The highest BCUT2D eigenvalue weighted by molar-refractivity contribution is 6.32. The Morgan fingerprint density at radius 3 is 2.40 bits per heavy atom. The minimum atomic E-state index is -0.853. The summed E-state index contributed by atoms with van der Waals surface area (Å²) < 4.78 is 13.9. The molecule has 0 heterocycles. The van der Waals surface area contributed by atoms with Crippen molar-refractivity contribution in [3.8, 4) is 6.07 Å². The van der Waals surface area contributed by atoms with E-state index in [0.29, 0.717) is 26.9 Å². The van der Waals surface area contributed by atoms with E-state index in [1.165, 1.54) is 12.1 Å². The van der Waals surface area contributed by atoms with E-state index in [0.717, 1.165) is 5.56 Å². The third kappa shape index (κ3) is 4.36. The Balaban J connectivity index is 1.93. The molecule has 0 saturated heterocycles. The van der Waals surface area contributed by atoms with Crippen LogP contribution in [0.15, 0.2) is 48.5 Å². The minimum Gasteiger partial charge on any atom is -0.396 e. The lowest BCUT2D eigenvalue weighted by Gasteiger charge is -2.16. The molecule has 0 aliphatic rings. The molecule has 3 aromatic carbocycles. The zero-order valence-corrected chi connectivity index (χ0v) is 17.9. The Kier molecular flexibility index (Phi) is 6.52.